The molecule has 0 aliphatic carbocycles. The third-order valence-electron chi connectivity index (χ3n) is 4.06. The maximum Gasteiger partial charge on any atom is 0.0642 e. The molecule has 2 N–H and O–H groups in total. The maximum atomic E-state index is 6.38. The van der Waals surface area contributed by atoms with Crippen LogP contribution in [0.1, 0.15) is 31.4 Å². The topological polar surface area (TPSA) is 32.5 Å². The zero-order valence-electron chi connectivity index (χ0n) is 12.1. The average Bonchev–Trinajstić information content (AvgIpc) is 2.74. The van der Waals surface area contributed by atoms with Crippen molar-refractivity contribution in [2.75, 3.05) is 32.1 Å². The molecule has 1 fully saturated rings. The van der Waals surface area contributed by atoms with Crippen LogP contribution < -0.4 is 10.6 Å². The molecule has 0 spiro atoms. The van der Waals surface area contributed by atoms with Crippen LogP contribution in [0.25, 0.3) is 0 Å². The maximum absolute atomic E-state index is 6.38. The summed E-state index contributed by atoms with van der Waals surface area (Å²) in [5.41, 5.74) is 8.05. The zero-order valence-corrected chi connectivity index (χ0v) is 12.8. The summed E-state index contributed by atoms with van der Waals surface area (Å²) < 4.78 is 0. The first kappa shape index (κ1) is 14.6. The highest BCUT2D eigenvalue weighted by Gasteiger charge is 2.22. The lowest BCUT2D eigenvalue weighted by atomic mass is 10.1. The molecular formula is C15H24ClN3. The summed E-state index contributed by atoms with van der Waals surface area (Å²) in [7, 11) is 4.31. The Labute approximate surface area is 121 Å². The highest BCUT2D eigenvalue weighted by Crippen LogP contribution is 2.29. The van der Waals surface area contributed by atoms with Gasteiger partial charge in [-0.25, -0.2) is 0 Å². The van der Waals surface area contributed by atoms with Crippen molar-refractivity contribution in [3.8, 4) is 0 Å². The highest BCUT2D eigenvalue weighted by molar-refractivity contribution is 6.33. The molecule has 0 aromatic heterocycles. The van der Waals surface area contributed by atoms with E-state index in [4.69, 9.17) is 17.3 Å². The Bertz CT molecular complexity index is 433. The molecule has 1 heterocycles. The summed E-state index contributed by atoms with van der Waals surface area (Å²) >= 11 is 6.38. The second-order valence-corrected chi connectivity index (χ2v) is 6.06. The van der Waals surface area contributed by atoms with E-state index in [-0.39, 0.29) is 6.04 Å². The summed E-state index contributed by atoms with van der Waals surface area (Å²) in [5.74, 6) is 0. The average molecular weight is 282 g/mol. The molecule has 4 heteroatoms. The van der Waals surface area contributed by atoms with Gasteiger partial charge in [0, 0.05) is 25.7 Å². The van der Waals surface area contributed by atoms with Gasteiger partial charge in [-0.15, -0.1) is 0 Å². The number of benzene rings is 1. The van der Waals surface area contributed by atoms with E-state index >= 15 is 0 Å². The van der Waals surface area contributed by atoms with E-state index in [0.29, 0.717) is 6.04 Å². The molecular weight excluding hydrogens is 258 g/mol. The standard InChI is InChI=1S/C15H24ClN3/c1-11(17)12-6-7-15(14(16)9-12)19(3)10-13-5-4-8-18(13)2/h6-7,9,11,13H,4-5,8,10,17H2,1-3H3. The Kier molecular flexibility index (Phi) is 4.71. The van der Waals surface area contributed by atoms with Crippen LogP contribution >= 0.6 is 11.6 Å². The van der Waals surface area contributed by atoms with Gasteiger partial charge in [-0.2, -0.15) is 0 Å². The van der Waals surface area contributed by atoms with Gasteiger partial charge < -0.3 is 15.5 Å². The second kappa shape index (κ2) is 6.12. The minimum absolute atomic E-state index is 0.0258. The van der Waals surface area contributed by atoms with Crippen LogP contribution in [0.4, 0.5) is 5.69 Å². The van der Waals surface area contributed by atoms with E-state index in [0.717, 1.165) is 22.8 Å². The van der Waals surface area contributed by atoms with Gasteiger partial charge in [0.25, 0.3) is 0 Å². The summed E-state index contributed by atoms with van der Waals surface area (Å²) in [6.07, 6.45) is 2.57. The van der Waals surface area contributed by atoms with Gasteiger partial charge in [0.15, 0.2) is 0 Å². The van der Waals surface area contributed by atoms with E-state index in [1.165, 1.54) is 19.4 Å². The SMILES string of the molecule is CC(N)c1ccc(N(C)CC2CCCN2C)c(Cl)c1. The minimum Gasteiger partial charge on any atom is -0.372 e. The van der Waals surface area contributed by atoms with Gasteiger partial charge in [0.2, 0.25) is 0 Å². The molecule has 106 valence electrons. The molecule has 2 rings (SSSR count). The molecule has 19 heavy (non-hydrogen) atoms. The van der Waals surface area contributed by atoms with Crippen molar-refractivity contribution in [3.63, 3.8) is 0 Å². The first-order valence-corrected chi connectivity index (χ1v) is 7.33. The Balaban J connectivity index is 2.08. The molecule has 1 saturated heterocycles. The molecule has 0 bridgehead atoms. The van der Waals surface area contributed by atoms with Gasteiger partial charge in [0.05, 0.1) is 10.7 Å². The molecule has 1 aliphatic heterocycles. The van der Waals surface area contributed by atoms with Crippen molar-refractivity contribution >= 4 is 17.3 Å². The van der Waals surface area contributed by atoms with E-state index in [2.05, 4.69) is 36.0 Å². The lowest BCUT2D eigenvalue weighted by molar-refractivity contribution is 0.314. The normalized spacial score (nSPS) is 21.6. The van der Waals surface area contributed by atoms with Crippen LogP contribution in [-0.2, 0) is 0 Å². The molecule has 2 atom stereocenters. The number of likely N-dealkylation sites (tertiary alicyclic amines) is 1. The molecule has 0 saturated carbocycles. The number of nitrogens with two attached hydrogens (primary N) is 1. The van der Waals surface area contributed by atoms with Crippen molar-refractivity contribution < 1.29 is 0 Å². The van der Waals surface area contributed by atoms with Gasteiger partial charge in [-0.05, 0) is 51.1 Å². The first-order valence-electron chi connectivity index (χ1n) is 6.95. The third-order valence-corrected chi connectivity index (χ3v) is 4.37. The van der Waals surface area contributed by atoms with Gasteiger partial charge in [0.1, 0.15) is 0 Å². The molecule has 0 amide bonds. The fourth-order valence-electron chi connectivity index (χ4n) is 2.74. The number of hydrogen-bond acceptors (Lipinski definition) is 3. The summed E-state index contributed by atoms with van der Waals surface area (Å²) in [4.78, 5) is 4.68. The number of rotatable bonds is 4. The number of halogens is 1. The van der Waals surface area contributed by atoms with E-state index in [1.54, 1.807) is 0 Å². The monoisotopic (exact) mass is 281 g/mol. The lowest BCUT2D eigenvalue weighted by Crippen LogP contribution is -2.36. The Hall–Kier alpha value is -0.770. The Morgan fingerprint density at radius 2 is 2.26 bits per heavy atom. The van der Waals surface area contributed by atoms with Gasteiger partial charge in [-0.1, -0.05) is 17.7 Å². The number of hydrogen-bond donors (Lipinski definition) is 1. The summed E-state index contributed by atoms with van der Waals surface area (Å²) in [6.45, 7) is 4.20. The van der Waals surface area contributed by atoms with Crippen LogP contribution in [0.2, 0.25) is 5.02 Å². The van der Waals surface area contributed by atoms with Crippen molar-refractivity contribution in [3.05, 3.63) is 28.8 Å². The van der Waals surface area contributed by atoms with Gasteiger partial charge >= 0.3 is 0 Å². The van der Waals surface area contributed by atoms with Gasteiger partial charge in [-0.3, -0.25) is 0 Å². The fourth-order valence-corrected chi connectivity index (χ4v) is 3.07. The quantitative estimate of drug-likeness (QED) is 0.921. The molecule has 1 aliphatic rings. The number of anilines is 1. The fraction of sp³-hybridized carbons (Fsp3) is 0.600. The summed E-state index contributed by atoms with van der Waals surface area (Å²) in [6, 6.07) is 6.79. The van der Waals surface area contributed by atoms with E-state index in [1.807, 2.05) is 13.0 Å². The van der Waals surface area contributed by atoms with Crippen LogP contribution in [0.3, 0.4) is 0 Å². The van der Waals surface area contributed by atoms with Crippen LogP contribution in [0.5, 0.6) is 0 Å². The highest BCUT2D eigenvalue weighted by atomic mass is 35.5. The molecule has 3 nitrogen and oxygen atoms in total. The zero-order chi connectivity index (χ0) is 14.0. The lowest BCUT2D eigenvalue weighted by Gasteiger charge is -2.28. The van der Waals surface area contributed by atoms with Crippen LogP contribution in [0.15, 0.2) is 18.2 Å². The molecule has 1 aromatic rings. The minimum atomic E-state index is 0.0258. The predicted octanol–water partition coefficient (Wildman–Crippen LogP) is 2.89. The molecule has 2 unspecified atom stereocenters. The van der Waals surface area contributed by atoms with Crippen molar-refractivity contribution in [1.82, 2.24) is 4.90 Å². The predicted molar refractivity (Wildman–Crippen MR) is 83.0 cm³/mol. The number of nitrogens with zero attached hydrogens (tertiary/aromatic N) is 2. The van der Waals surface area contributed by atoms with Crippen molar-refractivity contribution in [2.45, 2.75) is 31.8 Å². The summed E-state index contributed by atoms with van der Waals surface area (Å²) in [5, 5.41) is 0.790. The molecule has 1 aromatic carbocycles. The van der Waals surface area contributed by atoms with E-state index in [9.17, 15) is 0 Å². The Morgan fingerprint density at radius 1 is 1.53 bits per heavy atom. The van der Waals surface area contributed by atoms with Crippen LogP contribution in [0, 0.1) is 0 Å². The smallest absolute Gasteiger partial charge is 0.0642 e. The molecule has 0 radical (unpaired) electrons. The number of likely N-dealkylation sites (N-methyl/N-ethyl adjacent to an activating group) is 2. The van der Waals surface area contributed by atoms with Crippen molar-refractivity contribution in [2.24, 2.45) is 5.73 Å². The largest absolute Gasteiger partial charge is 0.372 e. The first-order chi connectivity index (χ1) is 8.99. The second-order valence-electron chi connectivity index (χ2n) is 5.66. The van der Waals surface area contributed by atoms with Crippen LogP contribution in [-0.4, -0.2) is 38.1 Å². The van der Waals surface area contributed by atoms with Crippen molar-refractivity contribution in [1.29, 1.82) is 0 Å². The Morgan fingerprint density at radius 3 is 2.79 bits per heavy atom. The third kappa shape index (κ3) is 3.41. The van der Waals surface area contributed by atoms with E-state index < -0.39 is 0 Å².